The number of para-hydroxylation sites is 1. The molecule has 2 aromatic carbocycles. The van der Waals surface area contributed by atoms with Crippen LogP contribution in [0.15, 0.2) is 54.7 Å². The standard InChI is InChI=1S/C23H25FN2O.H2O/c24-20-7-5-18(6-8-20)23(27)15-17-9-12-26(13-10-17)14-11-19-16-25-22-4-2-1-3-21(19)22;/h1-8,16-17,25H,9-15H2;1H2. The number of aromatic nitrogens is 1. The van der Waals surface area contributed by atoms with Crippen molar-refractivity contribution in [2.75, 3.05) is 19.6 Å². The van der Waals surface area contributed by atoms with Crippen LogP contribution < -0.4 is 0 Å². The SMILES string of the molecule is O.O=C(CC1CCN(CCc2c[nH]c3ccccc23)CC1)c1ccc(F)cc1. The van der Waals surface area contributed by atoms with Gasteiger partial charge in [0.1, 0.15) is 5.82 Å². The Labute approximate surface area is 164 Å². The summed E-state index contributed by atoms with van der Waals surface area (Å²) in [6, 6.07) is 14.3. The summed E-state index contributed by atoms with van der Waals surface area (Å²) in [5.41, 5.74) is 3.20. The first-order valence-corrected chi connectivity index (χ1v) is 9.75. The van der Waals surface area contributed by atoms with Crippen LogP contribution in [0, 0.1) is 11.7 Å². The van der Waals surface area contributed by atoms with E-state index in [0.717, 1.165) is 38.9 Å². The molecule has 4 nitrogen and oxygen atoms in total. The van der Waals surface area contributed by atoms with Crippen molar-refractivity contribution in [2.45, 2.75) is 25.7 Å². The molecule has 1 aliphatic rings. The van der Waals surface area contributed by atoms with Gasteiger partial charge in [0.2, 0.25) is 0 Å². The fourth-order valence-corrected chi connectivity index (χ4v) is 4.05. The lowest BCUT2D eigenvalue weighted by Gasteiger charge is -2.31. The van der Waals surface area contributed by atoms with Gasteiger partial charge in [-0.2, -0.15) is 0 Å². The number of rotatable bonds is 6. The molecule has 0 unspecified atom stereocenters. The third-order valence-corrected chi connectivity index (χ3v) is 5.72. The van der Waals surface area contributed by atoms with Crippen LogP contribution >= 0.6 is 0 Å². The highest BCUT2D eigenvalue weighted by atomic mass is 19.1. The smallest absolute Gasteiger partial charge is 0.163 e. The number of H-pyrrole nitrogens is 1. The van der Waals surface area contributed by atoms with E-state index in [4.69, 9.17) is 0 Å². The number of hydrogen-bond donors (Lipinski definition) is 1. The summed E-state index contributed by atoms with van der Waals surface area (Å²) in [7, 11) is 0. The van der Waals surface area contributed by atoms with Crippen LogP contribution in [0.5, 0.6) is 0 Å². The Morgan fingerprint density at radius 3 is 2.54 bits per heavy atom. The number of carbonyl (C=O) groups excluding carboxylic acids is 1. The number of fused-ring (bicyclic) bond motifs is 1. The number of aromatic amines is 1. The molecule has 1 aromatic heterocycles. The molecule has 1 saturated heterocycles. The van der Waals surface area contributed by atoms with Crippen molar-refractivity contribution < 1.29 is 14.7 Å². The van der Waals surface area contributed by atoms with Crippen LogP contribution in [0.1, 0.15) is 35.2 Å². The van der Waals surface area contributed by atoms with Crippen molar-refractivity contribution in [3.8, 4) is 0 Å². The molecule has 1 fully saturated rings. The van der Waals surface area contributed by atoms with E-state index in [1.165, 1.54) is 28.6 Å². The van der Waals surface area contributed by atoms with Crippen molar-refractivity contribution >= 4 is 16.7 Å². The molecule has 0 aliphatic carbocycles. The van der Waals surface area contributed by atoms with Crippen LogP contribution in [-0.4, -0.2) is 40.8 Å². The second kappa shape index (κ2) is 9.13. The van der Waals surface area contributed by atoms with Crippen LogP contribution in [0.4, 0.5) is 4.39 Å². The predicted octanol–water partition coefficient (Wildman–Crippen LogP) is 4.01. The lowest BCUT2D eigenvalue weighted by Crippen LogP contribution is -2.35. The lowest BCUT2D eigenvalue weighted by atomic mass is 9.89. The highest BCUT2D eigenvalue weighted by Gasteiger charge is 2.22. The molecule has 3 aromatic rings. The number of carbonyl (C=O) groups is 1. The third kappa shape index (κ3) is 4.66. The number of Topliss-reactive ketones (excluding diaryl/α,β-unsaturated/α-hetero) is 1. The number of ketones is 1. The number of nitrogens with one attached hydrogen (secondary N) is 1. The highest BCUT2D eigenvalue weighted by Crippen LogP contribution is 2.24. The van der Waals surface area contributed by atoms with Gasteiger partial charge in [0.05, 0.1) is 0 Å². The molecule has 1 aliphatic heterocycles. The zero-order valence-electron chi connectivity index (χ0n) is 16.0. The molecule has 0 bridgehead atoms. The molecule has 0 saturated carbocycles. The number of halogens is 1. The summed E-state index contributed by atoms with van der Waals surface area (Å²) in [5.74, 6) is 0.272. The van der Waals surface area contributed by atoms with Crippen molar-refractivity contribution in [1.29, 1.82) is 0 Å². The Bertz CT molecular complexity index is 912. The molecule has 28 heavy (non-hydrogen) atoms. The van der Waals surface area contributed by atoms with Gasteiger partial charge in [0.15, 0.2) is 5.78 Å². The van der Waals surface area contributed by atoms with Gasteiger partial charge >= 0.3 is 0 Å². The largest absolute Gasteiger partial charge is 0.412 e. The van der Waals surface area contributed by atoms with E-state index in [9.17, 15) is 9.18 Å². The van der Waals surface area contributed by atoms with Gasteiger partial charge in [-0.15, -0.1) is 0 Å². The minimum absolute atomic E-state index is 0. The average Bonchev–Trinajstić information content (AvgIpc) is 3.11. The number of hydrogen-bond acceptors (Lipinski definition) is 2. The van der Waals surface area contributed by atoms with E-state index in [-0.39, 0.29) is 17.1 Å². The number of piperidine rings is 1. The summed E-state index contributed by atoms with van der Waals surface area (Å²) >= 11 is 0. The van der Waals surface area contributed by atoms with Gasteiger partial charge in [-0.25, -0.2) is 4.39 Å². The van der Waals surface area contributed by atoms with Crippen molar-refractivity contribution in [3.05, 3.63) is 71.7 Å². The second-order valence-corrected chi connectivity index (χ2v) is 7.53. The van der Waals surface area contributed by atoms with Crippen molar-refractivity contribution in [1.82, 2.24) is 9.88 Å². The second-order valence-electron chi connectivity index (χ2n) is 7.53. The molecule has 148 valence electrons. The average molecular weight is 382 g/mol. The van der Waals surface area contributed by atoms with E-state index in [1.54, 1.807) is 12.1 Å². The number of nitrogens with zero attached hydrogens (tertiary/aromatic N) is 1. The van der Waals surface area contributed by atoms with Crippen LogP contribution in [-0.2, 0) is 6.42 Å². The maximum Gasteiger partial charge on any atom is 0.163 e. The monoisotopic (exact) mass is 382 g/mol. The molecule has 5 heteroatoms. The Balaban J connectivity index is 0.00000225. The van der Waals surface area contributed by atoms with Crippen molar-refractivity contribution in [2.24, 2.45) is 5.92 Å². The quantitative estimate of drug-likeness (QED) is 0.655. The minimum atomic E-state index is -0.296. The molecule has 4 rings (SSSR count). The fourth-order valence-electron chi connectivity index (χ4n) is 4.05. The molecule has 0 radical (unpaired) electrons. The normalized spacial score (nSPS) is 15.5. The van der Waals surface area contributed by atoms with Gasteiger partial charge in [0, 0.05) is 35.6 Å². The first-order chi connectivity index (χ1) is 13.2. The first-order valence-electron chi connectivity index (χ1n) is 9.75. The van der Waals surface area contributed by atoms with Crippen LogP contribution in [0.3, 0.4) is 0 Å². The van der Waals surface area contributed by atoms with E-state index >= 15 is 0 Å². The summed E-state index contributed by atoms with van der Waals surface area (Å²) in [6.07, 6.45) is 5.85. The van der Waals surface area contributed by atoms with Crippen LogP contribution in [0.2, 0.25) is 0 Å². The molecular formula is C23H27FN2O2. The first kappa shape index (κ1) is 20.2. The Hall–Kier alpha value is -2.50. The summed E-state index contributed by atoms with van der Waals surface area (Å²) in [4.78, 5) is 18.2. The summed E-state index contributed by atoms with van der Waals surface area (Å²) < 4.78 is 13.0. The molecular weight excluding hydrogens is 355 g/mol. The van der Waals surface area contributed by atoms with Gasteiger partial charge in [-0.05, 0) is 74.2 Å². The summed E-state index contributed by atoms with van der Waals surface area (Å²) in [6.45, 7) is 3.15. The number of benzene rings is 2. The van der Waals surface area contributed by atoms with Gasteiger partial charge < -0.3 is 15.4 Å². The van der Waals surface area contributed by atoms with E-state index in [0.29, 0.717) is 17.9 Å². The van der Waals surface area contributed by atoms with Gasteiger partial charge in [-0.3, -0.25) is 4.79 Å². The Morgan fingerprint density at radius 1 is 1.07 bits per heavy atom. The highest BCUT2D eigenvalue weighted by molar-refractivity contribution is 5.96. The topological polar surface area (TPSA) is 67.6 Å². The zero-order chi connectivity index (χ0) is 18.6. The Morgan fingerprint density at radius 2 is 1.79 bits per heavy atom. The zero-order valence-corrected chi connectivity index (χ0v) is 16.0. The van der Waals surface area contributed by atoms with Crippen LogP contribution in [0.25, 0.3) is 10.9 Å². The maximum atomic E-state index is 13.0. The predicted molar refractivity (Wildman–Crippen MR) is 110 cm³/mol. The minimum Gasteiger partial charge on any atom is -0.412 e. The van der Waals surface area contributed by atoms with E-state index in [1.807, 2.05) is 0 Å². The fraction of sp³-hybridized carbons (Fsp3) is 0.348. The summed E-state index contributed by atoms with van der Waals surface area (Å²) in [5, 5.41) is 1.32. The van der Waals surface area contributed by atoms with E-state index < -0.39 is 0 Å². The van der Waals surface area contributed by atoms with Crippen molar-refractivity contribution in [3.63, 3.8) is 0 Å². The number of likely N-dealkylation sites (tertiary alicyclic amines) is 1. The Kier molecular flexibility index (Phi) is 6.60. The molecule has 0 amide bonds. The third-order valence-electron chi connectivity index (χ3n) is 5.72. The maximum absolute atomic E-state index is 13.0. The molecule has 0 atom stereocenters. The lowest BCUT2D eigenvalue weighted by molar-refractivity contribution is 0.0928. The molecule has 2 heterocycles. The molecule has 3 N–H and O–H groups in total. The molecule has 0 spiro atoms. The van der Waals surface area contributed by atoms with E-state index in [2.05, 4.69) is 40.3 Å². The van der Waals surface area contributed by atoms with Gasteiger partial charge in [-0.1, -0.05) is 18.2 Å². The van der Waals surface area contributed by atoms with Gasteiger partial charge in [0.25, 0.3) is 0 Å².